The van der Waals surface area contributed by atoms with E-state index in [1.807, 2.05) is 11.0 Å². The molecule has 1 fully saturated rings. The maximum atomic E-state index is 13.4. The fraction of sp³-hybridized carbons (Fsp3) is 0.357. The van der Waals surface area contributed by atoms with Gasteiger partial charge in [0.1, 0.15) is 12.4 Å². The molecular formula is C14H17FN6OS. The molecule has 0 bridgehead atoms. The Bertz CT molecular complexity index is 759. The third kappa shape index (κ3) is 3.30. The van der Waals surface area contributed by atoms with Crippen LogP contribution in [-0.4, -0.2) is 51.5 Å². The van der Waals surface area contributed by atoms with E-state index >= 15 is 0 Å². The van der Waals surface area contributed by atoms with Crippen molar-refractivity contribution in [3.8, 4) is 0 Å². The summed E-state index contributed by atoms with van der Waals surface area (Å²) in [6, 6.07) is 1.87. The minimum absolute atomic E-state index is 0.333. The van der Waals surface area contributed by atoms with Crippen LogP contribution in [0, 0.1) is 0 Å². The highest BCUT2D eigenvalue weighted by molar-refractivity contribution is 7.89. The molecule has 1 aliphatic heterocycles. The molecule has 0 saturated carbocycles. The number of hydrogen-bond acceptors (Lipinski definition) is 6. The van der Waals surface area contributed by atoms with E-state index in [0.29, 0.717) is 36.5 Å². The molecule has 0 spiro atoms. The Morgan fingerprint density at radius 2 is 2.48 bits per heavy atom. The molecule has 3 rings (SSSR count). The van der Waals surface area contributed by atoms with Gasteiger partial charge in [-0.25, -0.2) is 9.37 Å². The maximum absolute atomic E-state index is 13.4. The second-order valence-electron chi connectivity index (χ2n) is 5.28. The number of alkyl halides is 1. The lowest BCUT2D eigenvalue weighted by Gasteiger charge is -2.14. The van der Waals surface area contributed by atoms with Gasteiger partial charge in [-0.2, -0.15) is 5.10 Å². The monoisotopic (exact) mass is 336 g/mol. The molecule has 2 unspecified atom stereocenters. The van der Waals surface area contributed by atoms with Crippen LogP contribution in [0.15, 0.2) is 22.9 Å². The minimum Gasteiger partial charge on any atom is -0.592 e. The van der Waals surface area contributed by atoms with Gasteiger partial charge in [-0.3, -0.25) is 5.10 Å². The number of rotatable bonds is 4. The van der Waals surface area contributed by atoms with Gasteiger partial charge in [-0.1, -0.05) is 4.40 Å². The third-order valence-electron chi connectivity index (χ3n) is 3.68. The number of halogens is 1. The van der Waals surface area contributed by atoms with Crippen LogP contribution < -0.4 is 10.6 Å². The summed E-state index contributed by atoms with van der Waals surface area (Å²) in [6.07, 6.45) is 5.61. The molecule has 3 N–H and O–H groups in total. The quantitative estimate of drug-likeness (QED) is 0.644. The zero-order chi connectivity index (χ0) is 16.4. The van der Waals surface area contributed by atoms with E-state index in [1.54, 1.807) is 6.20 Å². The van der Waals surface area contributed by atoms with Gasteiger partial charge in [0.2, 0.25) is 0 Å². The number of aromatic amines is 1. The molecule has 1 aliphatic rings. The van der Waals surface area contributed by atoms with Gasteiger partial charge < -0.3 is 15.2 Å². The van der Waals surface area contributed by atoms with Crippen LogP contribution in [0.4, 0.5) is 10.2 Å². The Hall–Kier alpha value is -2.13. The van der Waals surface area contributed by atoms with Crippen LogP contribution in [0.5, 0.6) is 0 Å². The van der Waals surface area contributed by atoms with Crippen molar-refractivity contribution >= 4 is 40.0 Å². The van der Waals surface area contributed by atoms with Crippen LogP contribution in [0.25, 0.3) is 16.6 Å². The number of allylic oxidation sites excluding steroid dienone is 1. The summed E-state index contributed by atoms with van der Waals surface area (Å²) in [5.41, 5.74) is 7.58. The first-order valence-corrected chi connectivity index (χ1v) is 8.63. The number of anilines is 1. The van der Waals surface area contributed by atoms with E-state index in [-0.39, 0.29) is 0 Å². The standard InChI is InChI=1S/C14H17FN6OS/c1-23(22)18-7-10(5-16)9-4-12-13(17-6-9)19-20-14(12)21-3-2-11(15)8-21/h4-7,11H,2-3,8,16H2,1H3,(H,17,19,20). The van der Waals surface area contributed by atoms with Gasteiger partial charge in [0.05, 0.1) is 29.5 Å². The van der Waals surface area contributed by atoms with E-state index < -0.39 is 17.5 Å². The Balaban J connectivity index is 1.97. The molecule has 9 heteroatoms. The molecule has 2 aromatic heterocycles. The van der Waals surface area contributed by atoms with Crippen molar-refractivity contribution < 1.29 is 8.94 Å². The molecule has 122 valence electrons. The molecule has 1 saturated heterocycles. The van der Waals surface area contributed by atoms with Gasteiger partial charge in [0.15, 0.2) is 11.5 Å². The van der Waals surface area contributed by atoms with Crippen LogP contribution >= 0.6 is 0 Å². The average Bonchev–Trinajstić information content (AvgIpc) is 3.13. The second-order valence-corrected chi connectivity index (χ2v) is 6.34. The van der Waals surface area contributed by atoms with Gasteiger partial charge in [0, 0.05) is 30.1 Å². The Morgan fingerprint density at radius 1 is 1.65 bits per heavy atom. The van der Waals surface area contributed by atoms with Crippen LogP contribution in [-0.2, 0) is 11.4 Å². The first kappa shape index (κ1) is 15.8. The lowest BCUT2D eigenvalue weighted by atomic mass is 10.1. The van der Waals surface area contributed by atoms with Crippen LogP contribution in [0.2, 0.25) is 0 Å². The Kier molecular flexibility index (Phi) is 4.49. The summed E-state index contributed by atoms with van der Waals surface area (Å²) in [6.45, 7) is 0.960. The number of H-pyrrole nitrogens is 1. The zero-order valence-electron chi connectivity index (χ0n) is 12.6. The highest BCUT2D eigenvalue weighted by atomic mass is 32.2. The number of pyridine rings is 1. The lowest BCUT2D eigenvalue weighted by molar-refractivity contribution is 0.364. The van der Waals surface area contributed by atoms with Crippen molar-refractivity contribution in [1.29, 1.82) is 0 Å². The fourth-order valence-electron chi connectivity index (χ4n) is 2.54. The molecule has 0 radical (unpaired) electrons. The van der Waals surface area contributed by atoms with Crippen molar-refractivity contribution in [3.05, 3.63) is 24.0 Å². The van der Waals surface area contributed by atoms with Gasteiger partial charge in [0.25, 0.3) is 0 Å². The predicted octanol–water partition coefficient (Wildman–Crippen LogP) is 1.17. The molecule has 0 aliphatic carbocycles. The molecule has 3 heterocycles. The first-order valence-electron chi connectivity index (χ1n) is 7.11. The Morgan fingerprint density at radius 3 is 3.13 bits per heavy atom. The van der Waals surface area contributed by atoms with Gasteiger partial charge in [-0.15, -0.1) is 0 Å². The first-order chi connectivity index (χ1) is 11.1. The van der Waals surface area contributed by atoms with E-state index in [0.717, 1.165) is 10.9 Å². The summed E-state index contributed by atoms with van der Waals surface area (Å²) >= 11 is -1.31. The number of fused-ring (bicyclic) bond motifs is 1. The van der Waals surface area contributed by atoms with Gasteiger partial charge in [-0.05, 0) is 12.5 Å². The minimum atomic E-state index is -1.31. The molecule has 23 heavy (non-hydrogen) atoms. The van der Waals surface area contributed by atoms with Crippen molar-refractivity contribution in [2.75, 3.05) is 24.2 Å². The molecule has 0 amide bonds. The molecule has 0 aromatic carbocycles. The average molecular weight is 336 g/mol. The Labute approximate surface area is 135 Å². The second kappa shape index (κ2) is 6.55. The van der Waals surface area contributed by atoms with E-state index in [4.69, 9.17) is 5.73 Å². The van der Waals surface area contributed by atoms with Gasteiger partial charge >= 0.3 is 0 Å². The van der Waals surface area contributed by atoms with E-state index in [9.17, 15) is 8.94 Å². The van der Waals surface area contributed by atoms with Crippen LogP contribution in [0.1, 0.15) is 12.0 Å². The maximum Gasteiger partial charge on any atom is 0.160 e. The van der Waals surface area contributed by atoms with Crippen molar-refractivity contribution in [3.63, 3.8) is 0 Å². The normalized spacial score (nSPS) is 20.7. The van der Waals surface area contributed by atoms with Crippen molar-refractivity contribution in [2.24, 2.45) is 10.1 Å². The highest BCUT2D eigenvalue weighted by Gasteiger charge is 2.25. The number of nitrogens with one attached hydrogen (secondary N) is 1. The third-order valence-corrected chi connectivity index (χ3v) is 4.08. The smallest absolute Gasteiger partial charge is 0.160 e. The molecule has 2 atom stereocenters. The summed E-state index contributed by atoms with van der Waals surface area (Å²) in [5, 5.41) is 7.90. The summed E-state index contributed by atoms with van der Waals surface area (Å²) in [7, 11) is 0. The summed E-state index contributed by atoms with van der Waals surface area (Å²) in [4.78, 5) is 6.21. The van der Waals surface area contributed by atoms with E-state index in [2.05, 4.69) is 19.6 Å². The van der Waals surface area contributed by atoms with Crippen LogP contribution in [0.3, 0.4) is 0 Å². The number of nitrogens with zero attached hydrogens (tertiary/aromatic N) is 4. The zero-order valence-corrected chi connectivity index (χ0v) is 13.4. The topological polar surface area (TPSA) is 106 Å². The fourth-order valence-corrected chi connectivity index (χ4v) is 2.81. The summed E-state index contributed by atoms with van der Waals surface area (Å²) in [5.74, 6) is 0.682. The number of aromatic nitrogens is 3. The van der Waals surface area contributed by atoms with E-state index in [1.165, 1.54) is 18.7 Å². The number of nitrogens with two attached hydrogens (primary N) is 1. The van der Waals surface area contributed by atoms with Crippen molar-refractivity contribution in [1.82, 2.24) is 15.2 Å². The predicted molar refractivity (Wildman–Crippen MR) is 90.3 cm³/mol. The number of hydrogen-bond donors (Lipinski definition) is 2. The van der Waals surface area contributed by atoms with Crippen molar-refractivity contribution in [2.45, 2.75) is 12.6 Å². The highest BCUT2D eigenvalue weighted by Crippen LogP contribution is 2.28. The summed E-state index contributed by atoms with van der Waals surface area (Å²) < 4.78 is 28.4. The largest absolute Gasteiger partial charge is 0.592 e. The molecule has 7 nitrogen and oxygen atoms in total. The molecule has 2 aromatic rings. The molecular weight excluding hydrogens is 319 g/mol. The lowest BCUT2D eigenvalue weighted by Crippen LogP contribution is -2.20. The SMILES string of the molecule is C[S+]([O-])N=CC(=CN)c1cnc2[nH]nc(N3CCC(F)C3)c2c1.